The number of nitrogens with zero attached hydrogens (tertiary/aromatic N) is 1. The molecular weight excluding hydrogens is 214 g/mol. The summed E-state index contributed by atoms with van der Waals surface area (Å²) in [7, 11) is 0. The first-order chi connectivity index (χ1) is 8.34. The number of hydrogen-bond donors (Lipinski definition) is 0. The van der Waals surface area contributed by atoms with Gasteiger partial charge in [0.1, 0.15) is 11.3 Å². The van der Waals surface area contributed by atoms with E-state index in [0.29, 0.717) is 0 Å². The predicted molar refractivity (Wildman–Crippen MR) is 63.7 cm³/mol. The molecule has 0 radical (unpaired) electrons. The second-order valence-corrected chi connectivity index (χ2v) is 4.99. The topological polar surface area (TPSA) is 38.7 Å². The Morgan fingerprint density at radius 1 is 1.35 bits per heavy atom. The average Bonchev–Trinajstić information content (AvgIpc) is 3.23. The van der Waals surface area contributed by atoms with Gasteiger partial charge in [-0.3, -0.25) is 0 Å². The third-order valence-electron chi connectivity index (χ3n) is 3.54. The first kappa shape index (κ1) is 10.5. The molecule has 3 nitrogen and oxygen atoms in total. The standard InChI is InChI=1S/C14H15NO2/c16-10-15-14(7-8-14)12-3-1-2-4-13(12)17-9-11-5-6-11/h1-4,11H,5-9H2. The Hall–Kier alpha value is -1.60. The highest BCUT2D eigenvalue weighted by Crippen LogP contribution is 2.52. The molecule has 0 amide bonds. The van der Waals surface area contributed by atoms with Gasteiger partial charge in [0.05, 0.1) is 6.61 Å². The number of aliphatic imine (C=N–C) groups is 1. The van der Waals surface area contributed by atoms with Crippen molar-refractivity contribution in [2.45, 2.75) is 31.2 Å². The van der Waals surface area contributed by atoms with Crippen molar-refractivity contribution < 1.29 is 9.53 Å². The zero-order valence-electron chi connectivity index (χ0n) is 9.69. The second kappa shape index (κ2) is 4.01. The van der Waals surface area contributed by atoms with E-state index < -0.39 is 0 Å². The Bertz CT molecular complexity index is 469. The van der Waals surface area contributed by atoms with E-state index in [1.807, 2.05) is 24.3 Å². The maximum Gasteiger partial charge on any atom is 0.235 e. The van der Waals surface area contributed by atoms with E-state index in [9.17, 15) is 4.79 Å². The Morgan fingerprint density at radius 3 is 2.76 bits per heavy atom. The summed E-state index contributed by atoms with van der Waals surface area (Å²) in [5, 5.41) is 0. The summed E-state index contributed by atoms with van der Waals surface area (Å²) in [6.07, 6.45) is 6.09. The Labute approximate surface area is 101 Å². The highest BCUT2D eigenvalue weighted by Gasteiger charge is 2.46. The largest absolute Gasteiger partial charge is 0.493 e. The normalized spacial score (nSPS) is 20.5. The van der Waals surface area contributed by atoms with Crippen molar-refractivity contribution in [1.29, 1.82) is 0 Å². The average molecular weight is 229 g/mol. The molecule has 0 unspecified atom stereocenters. The molecule has 0 spiro atoms. The van der Waals surface area contributed by atoms with E-state index in [-0.39, 0.29) is 5.54 Å². The molecule has 0 atom stereocenters. The van der Waals surface area contributed by atoms with E-state index in [2.05, 4.69) is 4.99 Å². The van der Waals surface area contributed by atoms with Crippen LogP contribution < -0.4 is 4.74 Å². The van der Waals surface area contributed by atoms with Gasteiger partial charge in [0.25, 0.3) is 0 Å². The fourth-order valence-corrected chi connectivity index (χ4v) is 2.12. The van der Waals surface area contributed by atoms with E-state index in [4.69, 9.17) is 4.74 Å². The van der Waals surface area contributed by atoms with Crippen LogP contribution in [-0.4, -0.2) is 12.7 Å². The lowest BCUT2D eigenvalue weighted by molar-refractivity contribution is 0.294. The highest BCUT2D eigenvalue weighted by molar-refractivity contribution is 5.47. The maximum atomic E-state index is 10.5. The molecule has 2 saturated carbocycles. The van der Waals surface area contributed by atoms with E-state index in [0.717, 1.165) is 36.7 Å². The first-order valence-corrected chi connectivity index (χ1v) is 6.15. The van der Waals surface area contributed by atoms with Gasteiger partial charge in [0.15, 0.2) is 0 Å². The molecule has 1 aromatic rings. The van der Waals surface area contributed by atoms with Crippen LogP contribution in [0.25, 0.3) is 0 Å². The maximum absolute atomic E-state index is 10.5. The van der Waals surface area contributed by atoms with Gasteiger partial charge in [0, 0.05) is 5.56 Å². The Kier molecular flexibility index (Phi) is 2.49. The van der Waals surface area contributed by atoms with Crippen LogP contribution in [0, 0.1) is 5.92 Å². The summed E-state index contributed by atoms with van der Waals surface area (Å²) in [6.45, 7) is 0.790. The van der Waals surface area contributed by atoms with Crippen LogP contribution in [0.15, 0.2) is 29.3 Å². The Morgan fingerprint density at radius 2 is 2.12 bits per heavy atom. The van der Waals surface area contributed by atoms with Gasteiger partial charge in [-0.15, -0.1) is 0 Å². The molecule has 2 aliphatic rings. The monoisotopic (exact) mass is 229 g/mol. The lowest BCUT2D eigenvalue weighted by atomic mass is 10.0. The molecular formula is C14H15NO2. The number of ether oxygens (including phenoxy) is 1. The molecule has 0 aromatic heterocycles. The van der Waals surface area contributed by atoms with Gasteiger partial charge >= 0.3 is 0 Å². The fourth-order valence-electron chi connectivity index (χ4n) is 2.12. The first-order valence-electron chi connectivity index (χ1n) is 6.15. The summed E-state index contributed by atoms with van der Waals surface area (Å²) in [5.74, 6) is 1.61. The van der Waals surface area contributed by atoms with Gasteiger partial charge < -0.3 is 4.74 Å². The third kappa shape index (κ3) is 2.11. The molecule has 3 rings (SSSR count). The highest BCUT2D eigenvalue weighted by atomic mass is 16.5. The quantitative estimate of drug-likeness (QED) is 0.575. The van der Waals surface area contributed by atoms with E-state index in [1.165, 1.54) is 12.8 Å². The minimum Gasteiger partial charge on any atom is -0.493 e. The number of carbonyl (C=O) groups excluding carboxylic acids is 1. The molecule has 0 bridgehead atoms. The summed E-state index contributed by atoms with van der Waals surface area (Å²) in [4.78, 5) is 14.4. The second-order valence-electron chi connectivity index (χ2n) is 4.99. The van der Waals surface area contributed by atoms with Crippen molar-refractivity contribution in [2.75, 3.05) is 6.61 Å². The smallest absolute Gasteiger partial charge is 0.235 e. The van der Waals surface area contributed by atoms with Crippen molar-refractivity contribution in [3.63, 3.8) is 0 Å². The van der Waals surface area contributed by atoms with Crippen LogP contribution in [0.2, 0.25) is 0 Å². The molecule has 0 N–H and O–H groups in total. The predicted octanol–water partition coefficient (Wildman–Crippen LogP) is 2.80. The summed E-state index contributed by atoms with van der Waals surface area (Å²) < 4.78 is 5.84. The molecule has 2 aliphatic carbocycles. The zero-order valence-corrected chi connectivity index (χ0v) is 9.69. The molecule has 0 heterocycles. The number of rotatable bonds is 5. The SMILES string of the molecule is O=C=NC1(c2ccccc2OCC2CC2)CC1. The minimum atomic E-state index is -0.331. The number of benzene rings is 1. The van der Waals surface area contributed by atoms with E-state index >= 15 is 0 Å². The fraction of sp³-hybridized carbons (Fsp3) is 0.500. The molecule has 88 valence electrons. The van der Waals surface area contributed by atoms with Crippen LogP contribution in [0.1, 0.15) is 31.2 Å². The van der Waals surface area contributed by atoms with Crippen LogP contribution in [-0.2, 0) is 10.3 Å². The van der Waals surface area contributed by atoms with Crippen molar-refractivity contribution in [2.24, 2.45) is 10.9 Å². The third-order valence-corrected chi connectivity index (χ3v) is 3.54. The zero-order chi connectivity index (χ0) is 11.7. The number of hydrogen-bond acceptors (Lipinski definition) is 3. The van der Waals surface area contributed by atoms with Gasteiger partial charge in [-0.25, -0.2) is 4.79 Å². The molecule has 0 saturated heterocycles. The number of isocyanates is 1. The van der Waals surface area contributed by atoms with Crippen LogP contribution in [0.5, 0.6) is 5.75 Å². The van der Waals surface area contributed by atoms with Gasteiger partial charge in [-0.2, -0.15) is 4.99 Å². The summed E-state index contributed by atoms with van der Waals surface area (Å²) in [6, 6.07) is 7.92. The lowest BCUT2D eigenvalue weighted by Gasteiger charge is -2.14. The Balaban J connectivity index is 1.84. The van der Waals surface area contributed by atoms with Gasteiger partial charge in [-0.05, 0) is 37.7 Å². The molecule has 0 aliphatic heterocycles. The minimum absolute atomic E-state index is 0.331. The van der Waals surface area contributed by atoms with Gasteiger partial charge in [0.2, 0.25) is 6.08 Å². The molecule has 3 heteroatoms. The molecule has 17 heavy (non-hydrogen) atoms. The van der Waals surface area contributed by atoms with Gasteiger partial charge in [-0.1, -0.05) is 18.2 Å². The van der Waals surface area contributed by atoms with Crippen LogP contribution >= 0.6 is 0 Å². The van der Waals surface area contributed by atoms with Crippen molar-refractivity contribution >= 4 is 6.08 Å². The summed E-state index contributed by atoms with van der Waals surface area (Å²) >= 11 is 0. The molecule has 1 aromatic carbocycles. The summed E-state index contributed by atoms with van der Waals surface area (Å²) in [5.41, 5.74) is 0.714. The lowest BCUT2D eigenvalue weighted by Crippen LogP contribution is -2.08. The van der Waals surface area contributed by atoms with Crippen molar-refractivity contribution in [3.05, 3.63) is 29.8 Å². The van der Waals surface area contributed by atoms with Crippen molar-refractivity contribution in [3.8, 4) is 5.75 Å². The van der Waals surface area contributed by atoms with Crippen molar-refractivity contribution in [1.82, 2.24) is 0 Å². The number of para-hydroxylation sites is 1. The molecule has 2 fully saturated rings. The van der Waals surface area contributed by atoms with E-state index in [1.54, 1.807) is 6.08 Å². The van der Waals surface area contributed by atoms with Crippen LogP contribution in [0.3, 0.4) is 0 Å². The van der Waals surface area contributed by atoms with Crippen LogP contribution in [0.4, 0.5) is 0 Å².